The zero-order valence-electron chi connectivity index (χ0n) is 11.5. The van der Waals surface area contributed by atoms with Crippen LogP contribution in [-0.4, -0.2) is 49.2 Å². The number of sulfonamides is 1. The van der Waals surface area contributed by atoms with Crippen LogP contribution in [0.1, 0.15) is 6.92 Å². The van der Waals surface area contributed by atoms with Crippen LogP contribution in [0, 0.1) is 0 Å². The molecule has 0 aromatic heterocycles. The Morgan fingerprint density at radius 1 is 1.45 bits per heavy atom. The molecule has 1 unspecified atom stereocenters. The van der Waals surface area contributed by atoms with Crippen molar-refractivity contribution in [2.24, 2.45) is 0 Å². The van der Waals surface area contributed by atoms with E-state index in [1.54, 1.807) is 28.2 Å². The fourth-order valence-electron chi connectivity index (χ4n) is 2.11. The molecule has 0 radical (unpaired) electrons. The molecule has 2 N–H and O–H groups in total. The van der Waals surface area contributed by atoms with Gasteiger partial charge < -0.3 is 10.5 Å². The topological polar surface area (TPSA) is 72.6 Å². The minimum absolute atomic E-state index is 0.0175. The maximum atomic E-state index is 12.3. The van der Waals surface area contributed by atoms with Gasteiger partial charge in [-0.1, -0.05) is 12.1 Å². The molecule has 0 aliphatic carbocycles. The molecule has 20 heavy (non-hydrogen) atoms. The van der Waals surface area contributed by atoms with Crippen molar-refractivity contribution in [2.45, 2.75) is 13.0 Å². The highest BCUT2D eigenvalue weighted by Crippen LogP contribution is 2.21. The van der Waals surface area contributed by atoms with Crippen LogP contribution in [0.25, 0.3) is 0 Å². The molecule has 1 heterocycles. The molecule has 0 saturated carbocycles. The number of anilines is 1. The molecule has 112 valence electrons. The molecule has 2 rings (SSSR count). The van der Waals surface area contributed by atoms with Crippen LogP contribution in [0.5, 0.6) is 5.75 Å². The second-order valence-electron chi connectivity index (χ2n) is 4.74. The summed E-state index contributed by atoms with van der Waals surface area (Å²) >= 11 is 1.79. The predicted octanol–water partition coefficient (Wildman–Crippen LogP) is 1.41. The first-order valence-corrected chi connectivity index (χ1v) is 9.31. The Balaban J connectivity index is 1.91. The lowest BCUT2D eigenvalue weighted by atomic mass is 10.3. The lowest BCUT2D eigenvalue weighted by Crippen LogP contribution is -2.46. The Bertz CT molecular complexity index is 548. The van der Waals surface area contributed by atoms with E-state index in [9.17, 15) is 8.42 Å². The first-order valence-electron chi connectivity index (χ1n) is 6.55. The lowest BCUT2D eigenvalue weighted by Gasteiger charge is -2.31. The number of nitrogens with two attached hydrogens (primary N) is 1. The fourth-order valence-corrected chi connectivity index (χ4v) is 4.86. The molecular formula is C13H20N2O3S2. The van der Waals surface area contributed by atoms with Gasteiger partial charge in [-0.3, -0.25) is 0 Å². The summed E-state index contributed by atoms with van der Waals surface area (Å²) < 4.78 is 31.6. The summed E-state index contributed by atoms with van der Waals surface area (Å²) in [5, 5.41) is 0. The van der Waals surface area contributed by atoms with E-state index in [1.807, 2.05) is 19.1 Å². The largest absolute Gasteiger partial charge is 0.490 e. The summed E-state index contributed by atoms with van der Waals surface area (Å²) in [7, 11) is -3.26. The van der Waals surface area contributed by atoms with E-state index in [4.69, 9.17) is 10.5 Å². The summed E-state index contributed by atoms with van der Waals surface area (Å²) in [6.07, 6.45) is 0. The van der Waals surface area contributed by atoms with Gasteiger partial charge in [-0.2, -0.15) is 16.1 Å². The van der Waals surface area contributed by atoms with Crippen molar-refractivity contribution in [3.8, 4) is 5.75 Å². The number of ether oxygens (including phenoxy) is 1. The number of benzene rings is 1. The molecule has 0 bridgehead atoms. The van der Waals surface area contributed by atoms with E-state index in [0.29, 0.717) is 18.0 Å². The third-order valence-electron chi connectivity index (χ3n) is 3.18. The zero-order chi connectivity index (χ0) is 14.6. The molecule has 1 saturated heterocycles. The Labute approximate surface area is 124 Å². The quantitative estimate of drug-likeness (QED) is 0.832. The van der Waals surface area contributed by atoms with Crippen molar-refractivity contribution in [1.29, 1.82) is 0 Å². The highest BCUT2D eigenvalue weighted by molar-refractivity contribution is 7.99. The van der Waals surface area contributed by atoms with Gasteiger partial charge in [-0.15, -0.1) is 0 Å². The van der Waals surface area contributed by atoms with Crippen molar-refractivity contribution in [2.75, 3.05) is 36.1 Å². The van der Waals surface area contributed by atoms with Crippen LogP contribution in [0.4, 0.5) is 5.69 Å². The maximum Gasteiger partial charge on any atom is 0.217 e. The highest BCUT2D eigenvalue weighted by atomic mass is 32.2. The summed E-state index contributed by atoms with van der Waals surface area (Å²) in [5.41, 5.74) is 6.27. The van der Waals surface area contributed by atoms with Crippen LogP contribution in [0.3, 0.4) is 0 Å². The summed E-state index contributed by atoms with van der Waals surface area (Å²) in [6, 6.07) is 7.15. The van der Waals surface area contributed by atoms with E-state index >= 15 is 0 Å². The van der Waals surface area contributed by atoms with Crippen molar-refractivity contribution in [3.05, 3.63) is 24.3 Å². The van der Waals surface area contributed by atoms with Gasteiger partial charge in [0.25, 0.3) is 0 Å². The fraction of sp³-hybridized carbons (Fsp3) is 0.538. The molecule has 7 heteroatoms. The van der Waals surface area contributed by atoms with Gasteiger partial charge in [0.15, 0.2) is 0 Å². The maximum absolute atomic E-state index is 12.3. The summed E-state index contributed by atoms with van der Waals surface area (Å²) in [6.45, 7) is 2.65. The summed E-state index contributed by atoms with van der Waals surface area (Å²) in [4.78, 5) is 0. The van der Waals surface area contributed by atoms with Crippen molar-refractivity contribution in [1.82, 2.24) is 4.31 Å². The monoisotopic (exact) mass is 316 g/mol. The number of para-hydroxylation sites is 2. The normalized spacial score (nSPS) is 20.8. The van der Waals surface area contributed by atoms with Crippen molar-refractivity contribution < 1.29 is 13.2 Å². The SMILES string of the molecule is CC1CSCCN1S(=O)(=O)CCOc1ccccc1N. The second-order valence-corrected chi connectivity index (χ2v) is 7.93. The van der Waals surface area contributed by atoms with Crippen molar-refractivity contribution in [3.63, 3.8) is 0 Å². The van der Waals surface area contributed by atoms with Crippen LogP contribution in [-0.2, 0) is 10.0 Å². The standard InChI is InChI=1S/C13H20N2O3S2/c1-11-10-19-8-6-15(11)20(16,17)9-7-18-13-5-3-2-4-12(13)14/h2-5,11H,6-10,14H2,1H3. The smallest absolute Gasteiger partial charge is 0.217 e. The lowest BCUT2D eigenvalue weighted by molar-refractivity contribution is 0.328. The Kier molecular flexibility index (Phi) is 5.17. The van der Waals surface area contributed by atoms with E-state index in [1.165, 1.54) is 0 Å². The number of hydrogen-bond acceptors (Lipinski definition) is 5. The second kappa shape index (κ2) is 6.69. The van der Waals surface area contributed by atoms with Gasteiger partial charge in [0, 0.05) is 24.1 Å². The van der Waals surface area contributed by atoms with E-state index in [-0.39, 0.29) is 18.4 Å². The molecule has 1 fully saturated rings. The first kappa shape index (κ1) is 15.5. The first-order chi connectivity index (χ1) is 9.50. The van der Waals surface area contributed by atoms with Crippen molar-refractivity contribution >= 4 is 27.5 Å². The number of rotatable bonds is 5. The van der Waals surface area contributed by atoms with Gasteiger partial charge in [-0.05, 0) is 19.1 Å². The van der Waals surface area contributed by atoms with Crippen LogP contribution in [0.15, 0.2) is 24.3 Å². The molecule has 1 atom stereocenters. The number of hydrogen-bond donors (Lipinski definition) is 1. The molecule has 0 spiro atoms. The van der Waals surface area contributed by atoms with Gasteiger partial charge >= 0.3 is 0 Å². The summed E-state index contributed by atoms with van der Waals surface area (Å²) in [5.74, 6) is 2.22. The minimum Gasteiger partial charge on any atom is -0.490 e. The Morgan fingerprint density at radius 3 is 2.90 bits per heavy atom. The Morgan fingerprint density at radius 2 is 2.20 bits per heavy atom. The predicted molar refractivity (Wildman–Crippen MR) is 83.6 cm³/mol. The molecule has 1 aromatic carbocycles. The van der Waals surface area contributed by atoms with E-state index in [2.05, 4.69) is 0 Å². The average molecular weight is 316 g/mol. The molecule has 1 aliphatic rings. The number of nitrogen functional groups attached to an aromatic ring is 1. The van der Waals surface area contributed by atoms with Gasteiger partial charge in [0.05, 0.1) is 11.4 Å². The van der Waals surface area contributed by atoms with E-state index < -0.39 is 10.0 Å². The third-order valence-corrected chi connectivity index (χ3v) is 6.31. The molecule has 1 aliphatic heterocycles. The molecule has 5 nitrogen and oxygen atoms in total. The van der Waals surface area contributed by atoms with Gasteiger partial charge in [-0.25, -0.2) is 8.42 Å². The van der Waals surface area contributed by atoms with E-state index in [0.717, 1.165) is 11.5 Å². The van der Waals surface area contributed by atoms with Crippen LogP contribution in [0.2, 0.25) is 0 Å². The molecule has 0 amide bonds. The molecular weight excluding hydrogens is 296 g/mol. The average Bonchev–Trinajstić information content (AvgIpc) is 2.41. The molecule has 1 aromatic rings. The minimum atomic E-state index is -3.26. The number of thioether (sulfide) groups is 1. The number of nitrogens with zero attached hydrogens (tertiary/aromatic N) is 1. The third kappa shape index (κ3) is 3.80. The zero-order valence-corrected chi connectivity index (χ0v) is 13.1. The van der Waals surface area contributed by atoms with Crippen LogP contribution >= 0.6 is 11.8 Å². The van der Waals surface area contributed by atoms with Gasteiger partial charge in [0.1, 0.15) is 12.4 Å². The van der Waals surface area contributed by atoms with Crippen LogP contribution < -0.4 is 10.5 Å². The highest BCUT2D eigenvalue weighted by Gasteiger charge is 2.29. The van der Waals surface area contributed by atoms with Gasteiger partial charge in [0.2, 0.25) is 10.0 Å². The Hall–Kier alpha value is -0.920.